The van der Waals surface area contributed by atoms with Crippen LogP contribution in [-0.2, 0) is 0 Å². The lowest BCUT2D eigenvalue weighted by Gasteiger charge is -1.91. The molecule has 0 radical (unpaired) electrons. The van der Waals surface area contributed by atoms with Crippen LogP contribution in [0.1, 0.15) is 0 Å². The van der Waals surface area contributed by atoms with Gasteiger partial charge in [0, 0.05) is 12.4 Å². The van der Waals surface area contributed by atoms with Gasteiger partial charge in [-0.05, 0) is 12.1 Å². The van der Waals surface area contributed by atoms with Gasteiger partial charge in [-0.2, -0.15) is 0 Å². The topological polar surface area (TPSA) is 57.5 Å². The highest BCUT2D eigenvalue weighted by atomic mass is 16.3. The third-order valence-corrected chi connectivity index (χ3v) is 1.55. The second kappa shape index (κ2) is 1.88. The second-order valence-electron chi connectivity index (χ2n) is 2.24. The maximum atomic E-state index is 11.1. The number of rotatable bonds is 0. The van der Waals surface area contributed by atoms with E-state index in [1.165, 1.54) is 10.5 Å². The number of hydrogen-bond acceptors (Lipinski definition) is 2. The fraction of sp³-hybridized carbons (Fsp3) is 0. The molecule has 0 aliphatic heterocycles. The smallest absolute Gasteiger partial charge is 0.298 e. The number of hydrogen-bond donors (Lipinski definition) is 2. The third-order valence-electron chi connectivity index (χ3n) is 1.55. The summed E-state index contributed by atoms with van der Waals surface area (Å²) in [6.07, 6.45) is 3.20. The largest absolute Gasteiger partial charge is 0.503 e. The summed E-state index contributed by atoms with van der Waals surface area (Å²) in [5.41, 5.74) is 0.275. The van der Waals surface area contributed by atoms with Crippen molar-refractivity contribution >= 4 is 5.65 Å². The summed E-state index contributed by atoms with van der Waals surface area (Å²) in [6.45, 7) is 0. The number of aromatic amines is 1. The van der Waals surface area contributed by atoms with Crippen molar-refractivity contribution in [3.8, 4) is 5.75 Å². The van der Waals surface area contributed by atoms with Crippen molar-refractivity contribution in [2.24, 2.45) is 0 Å². The van der Waals surface area contributed by atoms with Crippen LogP contribution in [0, 0.1) is 0 Å². The van der Waals surface area contributed by atoms with Crippen LogP contribution in [0.4, 0.5) is 0 Å². The van der Waals surface area contributed by atoms with Crippen molar-refractivity contribution in [1.82, 2.24) is 9.38 Å². The van der Waals surface area contributed by atoms with Crippen molar-refractivity contribution in [3.05, 3.63) is 34.9 Å². The van der Waals surface area contributed by atoms with Crippen LogP contribution in [0.2, 0.25) is 0 Å². The average molecular weight is 150 g/mol. The lowest BCUT2D eigenvalue weighted by molar-refractivity contribution is 0.465. The van der Waals surface area contributed by atoms with Gasteiger partial charge in [0.05, 0.1) is 0 Å². The van der Waals surface area contributed by atoms with Crippen molar-refractivity contribution in [2.45, 2.75) is 0 Å². The number of pyridine rings is 1. The number of aromatic nitrogens is 2. The van der Waals surface area contributed by atoms with E-state index >= 15 is 0 Å². The molecule has 11 heavy (non-hydrogen) atoms. The van der Waals surface area contributed by atoms with E-state index < -0.39 is 5.56 Å². The minimum absolute atomic E-state index is 0.234. The predicted molar refractivity (Wildman–Crippen MR) is 39.7 cm³/mol. The van der Waals surface area contributed by atoms with Crippen LogP contribution < -0.4 is 5.56 Å². The van der Waals surface area contributed by atoms with Gasteiger partial charge in [0.1, 0.15) is 5.65 Å². The average Bonchev–Trinajstić information content (AvgIpc) is 2.45. The quantitative estimate of drug-likeness (QED) is 0.568. The van der Waals surface area contributed by atoms with Gasteiger partial charge in [-0.25, -0.2) is 0 Å². The minimum atomic E-state index is -0.399. The fourth-order valence-corrected chi connectivity index (χ4v) is 1.01. The molecule has 4 nitrogen and oxygen atoms in total. The zero-order valence-corrected chi connectivity index (χ0v) is 5.61. The number of aromatic hydroxyl groups is 1. The van der Waals surface area contributed by atoms with Gasteiger partial charge in [-0.15, -0.1) is 0 Å². The number of fused-ring (bicyclic) bond motifs is 1. The van der Waals surface area contributed by atoms with E-state index in [1.807, 2.05) is 0 Å². The molecule has 56 valence electrons. The van der Waals surface area contributed by atoms with Gasteiger partial charge in [0.15, 0.2) is 5.75 Å². The highest BCUT2D eigenvalue weighted by Crippen LogP contribution is 2.02. The standard InChI is InChI=1S/C7H6N2O2/c10-5-1-2-6-8-3-4-9(6)7(5)11/h1-4,8,10H. The summed E-state index contributed by atoms with van der Waals surface area (Å²) in [5, 5.41) is 8.99. The molecule has 0 saturated heterocycles. The molecule has 2 rings (SSSR count). The molecule has 0 unspecified atom stereocenters. The van der Waals surface area contributed by atoms with Gasteiger partial charge < -0.3 is 10.1 Å². The zero-order valence-electron chi connectivity index (χ0n) is 5.61. The molecule has 0 aromatic carbocycles. The van der Waals surface area contributed by atoms with Gasteiger partial charge >= 0.3 is 0 Å². The Bertz CT molecular complexity index is 441. The number of imidazole rings is 1. The van der Waals surface area contributed by atoms with Crippen molar-refractivity contribution < 1.29 is 5.11 Å². The first kappa shape index (κ1) is 6.03. The second-order valence-corrected chi connectivity index (χ2v) is 2.24. The Morgan fingerprint density at radius 2 is 2.27 bits per heavy atom. The molecule has 2 N–H and O–H groups in total. The number of H-pyrrole nitrogens is 1. The monoisotopic (exact) mass is 150 g/mol. The van der Waals surface area contributed by atoms with Crippen molar-refractivity contribution in [3.63, 3.8) is 0 Å². The van der Waals surface area contributed by atoms with Crippen molar-refractivity contribution in [2.75, 3.05) is 0 Å². The molecule has 2 heterocycles. The van der Waals surface area contributed by atoms with Crippen LogP contribution in [0.15, 0.2) is 29.3 Å². The van der Waals surface area contributed by atoms with Crippen LogP contribution in [0.5, 0.6) is 5.75 Å². The predicted octanol–water partition coefficient (Wildman–Crippen LogP) is 0.333. The molecular formula is C7H6N2O2. The summed E-state index contributed by atoms with van der Waals surface area (Å²) in [7, 11) is 0. The number of nitrogens with one attached hydrogen (secondary N) is 1. The number of nitrogens with zero attached hydrogens (tertiary/aromatic N) is 1. The van der Waals surface area contributed by atoms with E-state index in [0.717, 1.165) is 0 Å². The lowest BCUT2D eigenvalue weighted by atomic mass is 10.4. The van der Waals surface area contributed by atoms with E-state index in [0.29, 0.717) is 5.65 Å². The Morgan fingerprint density at radius 1 is 1.45 bits per heavy atom. The highest BCUT2D eigenvalue weighted by molar-refractivity contribution is 5.40. The first-order valence-corrected chi connectivity index (χ1v) is 3.17. The Balaban J connectivity index is 3.05. The van der Waals surface area contributed by atoms with E-state index in [-0.39, 0.29) is 5.75 Å². The third kappa shape index (κ3) is 0.724. The zero-order chi connectivity index (χ0) is 7.84. The van der Waals surface area contributed by atoms with Crippen molar-refractivity contribution in [1.29, 1.82) is 0 Å². The van der Waals surface area contributed by atoms with Gasteiger partial charge in [0.2, 0.25) is 0 Å². The Kier molecular flexibility index (Phi) is 1.03. The summed E-state index contributed by atoms with van der Waals surface area (Å²) in [5.74, 6) is -0.234. The lowest BCUT2D eigenvalue weighted by Crippen LogP contribution is -2.09. The van der Waals surface area contributed by atoms with E-state index in [2.05, 4.69) is 4.98 Å². The molecule has 0 fully saturated rings. The van der Waals surface area contributed by atoms with Gasteiger partial charge in [-0.1, -0.05) is 0 Å². The molecule has 4 heteroatoms. The molecular weight excluding hydrogens is 144 g/mol. The minimum Gasteiger partial charge on any atom is -0.503 e. The van der Waals surface area contributed by atoms with Gasteiger partial charge in [0.25, 0.3) is 5.56 Å². The van der Waals surface area contributed by atoms with Gasteiger partial charge in [-0.3, -0.25) is 9.20 Å². The Hall–Kier alpha value is -1.71. The first-order valence-electron chi connectivity index (χ1n) is 3.17. The summed E-state index contributed by atoms with van der Waals surface area (Å²) < 4.78 is 1.34. The molecule has 0 spiro atoms. The molecule has 0 atom stereocenters. The normalized spacial score (nSPS) is 10.5. The van der Waals surface area contributed by atoms with Crippen LogP contribution in [-0.4, -0.2) is 14.5 Å². The van der Waals surface area contributed by atoms with Crippen LogP contribution >= 0.6 is 0 Å². The summed E-state index contributed by atoms with van der Waals surface area (Å²) >= 11 is 0. The summed E-state index contributed by atoms with van der Waals surface area (Å²) in [4.78, 5) is 13.9. The Labute approximate surface area is 61.7 Å². The molecule has 0 aliphatic rings. The SMILES string of the molecule is O=c1c(O)ccc2[nH]ccn12. The first-order chi connectivity index (χ1) is 5.29. The molecule has 0 saturated carbocycles. The Morgan fingerprint density at radius 3 is 3.09 bits per heavy atom. The highest BCUT2D eigenvalue weighted by Gasteiger charge is 1.99. The molecule has 0 aliphatic carbocycles. The molecule has 2 aromatic heterocycles. The molecule has 2 aromatic rings. The van der Waals surface area contributed by atoms with E-state index in [4.69, 9.17) is 5.11 Å². The maximum Gasteiger partial charge on any atom is 0.298 e. The van der Waals surface area contributed by atoms with Crippen LogP contribution in [0.25, 0.3) is 5.65 Å². The van der Waals surface area contributed by atoms with E-state index in [1.54, 1.807) is 18.5 Å². The van der Waals surface area contributed by atoms with Crippen LogP contribution in [0.3, 0.4) is 0 Å². The molecule has 0 bridgehead atoms. The molecule has 0 amide bonds. The fourth-order valence-electron chi connectivity index (χ4n) is 1.01. The van der Waals surface area contributed by atoms with E-state index in [9.17, 15) is 4.79 Å². The summed E-state index contributed by atoms with van der Waals surface area (Å²) in [6, 6.07) is 3.00. The maximum absolute atomic E-state index is 11.1.